The van der Waals surface area contributed by atoms with Gasteiger partial charge in [0.05, 0.1) is 17.7 Å². The van der Waals surface area contributed by atoms with Crippen molar-refractivity contribution in [2.24, 2.45) is 4.99 Å². The number of aromatic nitrogens is 3. The molecule has 2 aromatic heterocycles. The van der Waals surface area contributed by atoms with Crippen molar-refractivity contribution in [1.82, 2.24) is 19.9 Å². The fourth-order valence-electron chi connectivity index (χ4n) is 2.29. The van der Waals surface area contributed by atoms with E-state index in [4.69, 9.17) is 10.7 Å². The van der Waals surface area contributed by atoms with E-state index in [1.807, 2.05) is 24.4 Å². The summed E-state index contributed by atoms with van der Waals surface area (Å²) in [6.07, 6.45) is 5.18. The molecule has 3 heterocycles. The lowest BCUT2D eigenvalue weighted by atomic mass is 10.1. The highest BCUT2D eigenvalue weighted by atomic mass is 15.2. The quantitative estimate of drug-likeness (QED) is 0.900. The van der Waals surface area contributed by atoms with Gasteiger partial charge in [0.15, 0.2) is 0 Å². The lowest BCUT2D eigenvalue weighted by Gasteiger charge is -2.24. The third-order valence-electron chi connectivity index (χ3n) is 3.30. The van der Waals surface area contributed by atoms with Crippen molar-refractivity contribution in [2.75, 3.05) is 18.1 Å². The van der Waals surface area contributed by atoms with Crippen molar-refractivity contribution >= 4 is 23.8 Å². The fourth-order valence-corrected chi connectivity index (χ4v) is 2.29. The Kier molecular flexibility index (Phi) is 3.62. The van der Waals surface area contributed by atoms with Gasteiger partial charge in [-0.25, -0.2) is 19.9 Å². The van der Waals surface area contributed by atoms with Crippen molar-refractivity contribution in [3.05, 3.63) is 24.0 Å². The number of anilines is 2. The van der Waals surface area contributed by atoms with Gasteiger partial charge in [0.25, 0.3) is 0 Å². The van der Waals surface area contributed by atoms with E-state index < -0.39 is 0 Å². The molecule has 0 unspecified atom stereocenters. The van der Waals surface area contributed by atoms with Crippen LogP contribution in [0, 0.1) is 0 Å². The Balaban J connectivity index is 2.10. The molecule has 0 aliphatic carbocycles. The molecular formula is C15H19N7. The van der Waals surface area contributed by atoms with Crippen molar-refractivity contribution < 1.29 is 0 Å². The molecular weight excluding hydrogens is 278 g/mol. The van der Waals surface area contributed by atoms with Crippen molar-refractivity contribution in [1.29, 1.82) is 0 Å². The summed E-state index contributed by atoms with van der Waals surface area (Å²) in [5.74, 6) is 1.10. The third-order valence-corrected chi connectivity index (χ3v) is 3.30. The maximum atomic E-state index is 5.54. The van der Waals surface area contributed by atoms with Crippen LogP contribution in [0.5, 0.6) is 0 Å². The maximum absolute atomic E-state index is 5.54. The van der Waals surface area contributed by atoms with Gasteiger partial charge in [0, 0.05) is 43.2 Å². The van der Waals surface area contributed by atoms with E-state index in [1.165, 1.54) is 0 Å². The van der Waals surface area contributed by atoms with Gasteiger partial charge in [0.2, 0.25) is 5.95 Å². The maximum Gasteiger partial charge on any atom is 0.219 e. The first-order chi connectivity index (χ1) is 10.5. The van der Waals surface area contributed by atoms with Gasteiger partial charge in [0.1, 0.15) is 5.82 Å². The zero-order chi connectivity index (χ0) is 15.7. The van der Waals surface area contributed by atoms with E-state index >= 15 is 0 Å². The van der Waals surface area contributed by atoms with Crippen LogP contribution in [0.25, 0.3) is 11.3 Å². The molecule has 3 rings (SSSR count). The van der Waals surface area contributed by atoms with Crippen LogP contribution >= 0.6 is 0 Å². The predicted molar refractivity (Wildman–Crippen MR) is 88.1 cm³/mol. The van der Waals surface area contributed by atoms with Crippen LogP contribution in [0.4, 0.5) is 17.5 Å². The summed E-state index contributed by atoms with van der Waals surface area (Å²) >= 11 is 0. The Morgan fingerprint density at radius 3 is 2.68 bits per heavy atom. The second-order valence-electron chi connectivity index (χ2n) is 5.64. The normalized spacial score (nSPS) is 13.4. The molecule has 0 atom stereocenters. The summed E-state index contributed by atoms with van der Waals surface area (Å²) in [4.78, 5) is 19.3. The van der Waals surface area contributed by atoms with E-state index in [2.05, 4.69) is 34.1 Å². The number of fused-ring (bicyclic) bond motifs is 1. The number of hydrogen-bond donors (Lipinski definition) is 2. The summed E-state index contributed by atoms with van der Waals surface area (Å²) < 4.78 is 0. The molecule has 7 heteroatoms. The molecule has 1 aliphatic heterocycles. The summed E-state index contributed by atoms with van der Waals surface area (Å²) in [6.45, 7) is 4.95. The molecule has 0 radical (unpaired) electrons. The number of aliphatic imine (C=N–C) groups is 1. The summed E-state index contributed by atoms with van der Waals surface area (Å²) in [7, 11) is 1.99. The van der Waals surface area contributed by atoms with Gasteiger partial charge in [-0.05, 0) is 19.9 Å². The zero-order valence-electron chi connectivity index (χ0n) is 12.9. The van der Waals surface area contributed by atoms with Gasteiger partial charge in [-0.2, -0.15) is 0 Å². The van der Waals surface area contributed by atoms with Crippen LogP contribution in [-0.4, -0.2) is 39.3 Å². The molecule has 0 saturated carbocycles. The van der Waals surface area contributed by atoms with Gasteiger partial charge in [-0.1, -0.05) is 0 Å². The first-order valence-corrected chi connectivity index (χ1v) is 7.15. The Morgan fingerprint density at radius 2 is 2.00 bits per heavy atom. The number of nitrogens with one attached hydrogen (secondary N) is 1. The molecule has 0 saturated heterocycles. The van der Waals surface area contributed by atoms with Gasteiger partial charge in [-0.3, -0.25) is 0 Å². The lowest BCUT2D eigenvalue weighted by Crippen LogP contribution is -2.22. The SMILES string of the molecule is CC(C)Nc1nc(-c2cnc(N)nc2)cc2c1CN(C)C=N2. The largest absolute Gasteiger partial charge is 0.368 e. The van der Waals surface area contributed by atoms with Crippen LogP contribution in [0.15, 0.2) is 23.5 Å². The van der Waals surface area contributed by atoms with E-state index in [0.29, 0.717) is 0 Å². The Labute approximate surface area is 129 Å². The van der Waals surface area contributed by atoms with E-state index in [1.54, 1.807) is 12.4 Å². The van der Waals surface area contributed by atoms with Gasteiger partial charge >= 0.3 is 0 Å². The highest BCUT2D eigenvalue weighted by Crippen LogP contribution is 2.33. The Morgan fingerprint density at radius 1 is 1.27 bits per heavy atom. The average molecular weight is 297 g/mol. The number of hydrogen-bond acceptors (Lipinski definition) is 7. The summed E-state index contributed by atoms with van der Waals surface area (Å²) in [5.41, 5.74) is 9.16. The standard InChI is InChI=1S/C15H19N7/c1-9(2)20-14-11-7-22(3)8-19-13(11)4-12(21-14)10-5-17-15(16)18-6-10/h4-6,8-9H,7H2,1-3H3,(H,20,21)(H2,16,17,18). The molecule has 0 fully saturated rings. The minimum absolute atomic E-state index is 0.252. The Bertz CT molecular complexity index is 707. The topological polar surface area (TPSA) is 92.3 Å². The van der Waals surface area contributed by atoms with Crippen LogP contribution in [0.2, 0.25) is 0 Å². The molecule has 3 N–H and O–H groups in total. The van der Waals surface area contributed by atoms with E-state index in [0.717, 1.165) is 34.9 Å². The van der Waals surface area contributed by atoms with Crippen molar-refractivity contribution in [3.8, 4) is 11.3 Å². The van der Waals surface area contributed by atoms with Crippen molar-refractivity contribution in [3.63, 3.8) is 0 Å². The number of pyridine rings is 1. The predicted octanol–water partition coefficient (Wildman–Crippen LogP) is 2.05. The van der Waals surface area contributed by atoms with E-state index in [-0.39, 0.29) is 12.0 Å². The molecule has 114 valence electrons. The number of nitrogens with zero attached hydrogens (tertiary/aromatic N) is 5. The van der Waals surface area contributed by atoms with Crippen molar-refractivity contribution in [2.45, 2.75) is 26.4 Å². The summed E-state index contributed by atoms with van der Waals surface area (Å²) in [6, 6.07) is 2.24. The lowest BCUT2D eigenvalue weighted by molar-refractivity contribution is 0.508. The molecule has 0 aromatic carbocycles. The molecule has 7 nitrogen and oxygen atoms in total. The summed E-state index contributed by atoms with van der Waals surface area (Å²) in [5, 5.41) is 3.40. The highest BCUT2D eigenvalue weighted by Gasteiger charge is 2.18. The molecule has 2 aromatic rings. The molecule has 22 heavy (non-hydrogen) atoms. The van der Waals surface area contributed by atoms with Crippen LogP contribution < -0.4 is 11.1 Å². The zero-order valence-corrected chi connectivity index (χ0v) is 12.9. The minimum Gasteiger partial charge on any atom is -0.368 e. The second-order valence-corrected chi connectivity index (χ2v) is 5.64. The third kappa shape index (κ3) is 2.83. The van der Waals surface area contributed by atoms with Gasteiger partial charge < -0.3 is 16.0 Å². The Hall–Kier alpha value is -2.70. The monoisotopic (exact) mass is 297 g/mol. The minimum atomic E-state index is 0.252. The van der Waals surface area contributed by atoms with Crippen LogP contribution in [0.1, 0.15) is 19.4 Å². The van der Waals surface area contributed by atoms with Crippen LogP contribution in [-0.2, 0) is 6.54 Å². The number of nitrogens with two attached hydrogens (primary N) is 1. The second kappa shape index (κ2) is 5.59. The number of nitrogen functional groups attached to an aromatic ring is 1. The first-order valence-electron chi connectivity index (χ1n) is 7.15. The first kappa shape index (κ1) is 14.2. The van der Waals surface area contributed by atoms with Crippen LogP contribution in [0.3, 0.4) is 0 Å². The van der Waals surface area contributed by atoms with E-state index in [9.17, 15) is 0 Å². The molecule has 0 spiro atoms. The average Bonchev–Trinajstić information content (AvgIpc) is 2.48. The smallest absolute Gasteiger partial charge is 0.219 e. The number of rotatable bonds is 3. The molecule has 0 bridgehead atoms. The highest BCUT2D eigenvalue weighted by molar-refractivity contribution is 5.75. The molecule has 0 amide bonds. The fraction of sp³-hybridized carbons (Fsp3) is 0.333. The molecule has 1 aliphatic rings. The van der Waals surface area contributed by atoms with Gasteiger partial charge in [-0.15, -0.1) is 0 Å².